The van der Waals surface area contributed by atoms with Gasteiger partial charge in [-0.3, -0.25) is 9.36 Å². The summed E-state index contributed by atoms with van der Waals surface area (Å²) in [7, 11) is 0. The number of fused-ring (bicyclic) bond motifs is 3. The molecule has 5 nitrogen and oxygen atoms in total. The number of aryl methyl sites for hydroxylation is 2. The molecule has 0 aliphatic heterocycles. The number of thioether (sulfide) groups is 1. The van der Waals surface area contributed by atoms with Crippen molar-refractivity contribution in [2.45, 2.75) is 43.1 Å². The van der Waals surface area contributed by atoms with E-state index in [1.54, 1.807) is 33.9 Å². The van der Waals surface area contributed by atoms with E-state index in [0.717, 1.165) is 40.8 Å². The summed E-state index contributed by atoms with van der Waals surface area (Å²) >= 11 is 3.22. The first kappa shape index (κ1) is 19.2. The molecule has 0 saturated carbocycles. The molecule has 30 heavy (non-hydrogen) atoms. The summed E-state index contributed by atoms with van der Waals surface area (Å²) in [6, 6.07) is 13.4. The van der Waals surface area contributed by atoms with Gasteiger partial charge in [-0.25, -0.2) is 4.98 Å². The van der Waals surface area contributed by atoms with E-state index >= 15 is 0 Å². The third-order valence-electron chi connectivity index (χ3n) is 5.38. The van der Waals surface area contributed by atoms with Gasteiger partial charge < -0.3 is 4.42 Å². The minimum atomic E-state index is 0.0260. The number of thiophene rings is 1. The second-order valence-electron chi connectivity index (χ2n) is 7.35. The Bertz CT molecular complexity index is 1300. The molecule has 0 spiro atoms. The monoisotopic (exact) mass is 433 g/mol. The van der Waals surface area contributed by atoms with Gasteiger partial charge in [-0.2, -0.15) is 5.26 Å². The van der Waals surface area contributed by atoms with Gasteiger partial charge in [0.15, 0.2) is 5.16 Å². The summed E-state index contributed by atoms with van der Waals surface area (Å²) in [5.74, 6) is 1.41. The lowest BCUT2D eigenvalue weighted by molar-refractivity contribution is 0.476. The molecule has 150 valence electrons. The van der Waals surface area contributed by atoms with E-state index in [1.807, 2.05) is 36.4 Å². The van der Waals surface area contributed by atoms with Crippen molar-refractivity contribution < 1.29 is 4.42 Å². The molecular formula is C23H19N3O2S2. The summed E-state index contributed by atoms with van der Waals surface area (Å²) in [6.07, 6.45) is 5.95. The minimum Gasteiger partial charge on any atom is -0.467 e. The van der Waals surface area contributed by atoms with Crippen LogP contribution in [0, 0.1) is 11.3 Å². The minimum absolute atomic E-state index is 0.0260. The number of hydrogen-bond acceptors (Lipinski definition) is 6. The van der Waals surface area contributed by atoms with E-state index in [-0.39, 0.29) is 5.56 Å². The van der Waals surface area contributed by atoms with E-state index in [4.69, 9.17) is 14.7 Å². The zero-order valence-electron chi connectivity index (χ0n) is 16.3. The Kier molecular flexibility index (Phi) is 5.19. The standard InChI is InChI=1S/C23H19N3O2S2/c24-12-15-7-9-16(10-8-15)14-29-23-25-21-20(18-5-1-2-6-19(18)30-21)22(27)26(23)13-17-4-3-11-28-17/h3-4,7-11H,1-2,5-6,13-14H2. The molecule has 0 amide bonds. The molecule has 5 rings (SSSR count). The molecule has 7 heteroatoms. The third-order valence-corrected chi connectivity index (χ3v) is 7.62. The lowest BCUT2D eigenvalue weighted by Crippen LogP contribution is -2.24. The van der Waals surface area contributed by atoms with Crippen LogP contribution in [0.1, 0.15) is 40.2 Å². The smallest absolute Gasteiger partial charge is 0.263 e. The maximum atomic E-state index is 13.5. The molecule has 3 heterocycles. The molecule has 0 atom stereocenters. The Morgan fingerprint density at radius 3 is 2.80 bits per heavy atom. The van der Waals surface area contributed by atoms with Gasteiger partial charge in [0.1, 0.15) is 10.6 Å². The van der Waals surface area contributed by atoms with Crippen molar-refractivity contribution in [3.8, 4) is 6.07 Å². The first-order chi connectivity index (χ1) is 14.7. The van der Waals surface area contributed by atoms with E-state index in [2.05, 4.69) is 6.07 Å². The second kappa shape index (κ2) is 8.13. The van der Waals surface area contributed by atoms with Crippen LogP contribution in [0.15, 0.2) is 57.0 Å². The predicted octanol–water partition coefficient (Wildman–Crippen LogP) is 5.14. The van der Waals surface area contributed by atoms with Crippen molar-refractivity contribution in [3.05, 3.63) is 80.3 Å². The predicted molar refractivity (Wildman–Crippen MR) is 119 cm³/mol. The van der Waals surface area contributed by atoms with Gasteiger partial charge in [0, 0.05) is 10.6 Å². The highest BCUT2D eigenvalue weighted by molar-refractivity contribution is 7.98. The molecule has 0 saturated heterocycles. The van der Waals surface area contributed by atoms with E-state index < -0.39 is 0 Å². The molecular weight excluding hydrogens is 414 g/mol. The van der Waals surface area contributed by atoms with Gasteiger partial charge in [0.2, 0.25) is 0 Å². The summed E-state index contributed by atoms with van der Waals surface area (Å²) in [4.78, 5) is 20.6. The molecule has 1 aliphatic rings. The first-order valence-corrected chi connectivity index (χ1v) is 11.7. The van der Waals surface area contributed by atoms with E-state index in [0.29, 0.717) is 23.0 Å². The van der Waals surface area contributed by atoms with Crippen LogP contribution in [0.2, 0.25) is 0 Å². The van der Waals surface area contributed by atoms with E-state index in [9.17, 15) is 4.79 Å². The third kappa shape index (κ3) is 3.57. The normalized spacial score (nSPS) is 13.3. The van der Waals surface area contributed by atoms with Crippen LogP contribution in [0.25, 0.3) is 10.2 Å². The summed E-state index contributed by atoms with van der Waals surface area (Å²) in [6.45, 7) is 0.370. The van der Waals surface area contributed by atoms with Gasteiger partial charge in [0.25, 0.3) is 5.56 Å². The highest BCUT2D eigenvalue weighted by atomic mass is 32.2. The van der Waals surface area contributed by atoms with Crippen LogP contribution in [-0.4, -0.2) is 9.55 Å². The van der Waals surface area contributed by atoms with Crippen LogP contribution in [-0.2, 0) is 25.1 Å². The van der Waals surface area contributed by atoms with Crippen LogP contribution in [0.4, 0.5) is 0 Å². The molecule has 1 aliphatic carbocycles. The maximum Gasteiger partial charge on any atom is 0.263 e. The number of nitriles is 1. The molecule has 0 radical (unpaired) electrons. The average Bonchev–Trinajstić information content (AvgIpc) is 3.42. The second-order valence-corrected chi connectivity index (χ2v) is 9.38. The van der Waals surface area contributed by atoms with Crippen molar-refractivity contribution in [1.82, 2.24) is 9.55 Å². The molecule has 0 bridgehead atoms. The number of furan rings is 1. The lowest BCUT2D eigenvalue weighted by atomic mass is 9.97. The Morgan fingerprint density at radius 2 is 2.03 bits per heavy atom. The Balaban J connectivity index is 1.56. The van der Waals surface area contributed by atoms with Crippen molar-refractivity contribution in [3.63, 3.8) is 0 Å². The van der Waals surface area contributed by atoms with Crippen LogP contribution >= 0.6 is 23.1 Å². The molecule has 0 fully saturated rings. The van der Waals surface area contributed by atoms with Gasteiger partial charge in [-0.1, -0.05) is 23.9 Å². The molecule has 1 aromatic carbocycles. The number of benzene rings is 1. The van der Waals surface area contributed by atoms with Gasteiger partial charge in [-0.15, -0.1) is 11.3 Å². The summed E-state index contributed by atoms with van der Waals surface area (Å²) in [5.41, 5.74) is 2.96. The van der Waals surface area contributed by atoms with Crippen LogP contribution < -0.4 is 5.56 Å². The van der Waals surface area contributed by atoms with Crippen LogP contribution in [0.5, 0.6) is 0 Å². The summed E-state index contributed by atoms with van der Waals surface area (Å²) < 4.78 is 7.26. The van der Waals surface area contributed by atoms with Gasteiger partial charge in [0.05, 0.1) is 29.8 Å². The zero-order chi connectivity index (χ0) is 20.5. The fourth-order valence-electron chi connectivity index (χ4n) is 3.85. The van der Waals surface area contributed by atoms with E-state index in [1.165, 1.54) is 16.9 Å². The number of rotatable bonds is 5. The van der Waals surface area contributed by atoms with Crippen molar-refractivity contribution in [2.75, 3.05) is 0 Å². The molecule has 0 unspecified atom stereocenters. The average molecular weight is 434 g/mol. The van der Waals surface area contributed by atoms with Crippen molar-refractivity contribution in [1.29, 1.82) is 5.26 Å². The van der Waals surface area contributed by atoms with Crippen LogP contribution in [0.3, 0.4) is 0 Å². The van der Waals surface area contributed by atoms with Gasteiger partial charge >= 0.3 is 0 Å². The Labute approximate surface area is 182 Å². The Morgan fingerprint density at radius 1 is 1.20 bits per heavy atom. The molecule has 4 aromatic rings. The number of hydrogen-bond donors (Lipinski definition) is 0. The molecule has 3 aromatic heterocycles. The molecule has 0 N–H and O–H groups in total. The maximum absolute atomic E-state index is 13.5. The fourth-order valence-corrected chi connectivity index (χ4v) is 6.11. The quantitative estimate of drug-likeness (QED) is 0.322. The number of aromatic nitrogens is 2. The fraction of sp³-hybridized carbons (Fsp3) is 0.261. The highest BCUT2D eigenvalue weighted by Gasteiger charge is 2.22. The number of nitrogens with zero attached hydrogens (tertiary/aromatic N) is 3. The first-order valence-electron chi connectivity index (χ1n) is 9.92. The lowest BCUT2D eigenvalue weighted by Gasteiger charge is -2.13. The largest absolute Gasteiger partial charge is 0.467 e. The zero-order valence-corrected chi connectivity index (χ0v) is 17.9. The SMILES string of the molecule is N#Cc1ccc(CSc2nc3sc4c(c3c(=O)n2Cc2ccco2)CCCC4)cc1. The van der Waals surface area contributed by atoms with Crippen molar-refractivity contribution in [2.24, 2.45) is 0 Å². The Hall–Kier alpha value is -2.82. The topological polar surface area (TPSA) is 71.8 Å². The highest BCUT2D eigenvalue weighted by Crippen LogP contribution is 2.35. The van der Waals surface area contributed by atoms with Gasteiger partial charge in [-0.05, 0) is 61.1 Å². The summed E-state index contributed by atoms with van der Waals surface area (Å²) in [5, 5.41) is 10.5. The van der Waals surface area contributed by atoms with Crippen molar-refractivity contribution >= 4 is 33.3 Å².